The molecule has 0 aliphatic carbocycles. The Morgan fingerprint density at radius 3 is 2.72 bits per heavy atom. The van der Waals surface area contributed by atoms with Gasteiger partial charge in [0.05, 0.1) is 16.8 Å². The van der Waals surface area contributed by atoms with E-state index >= 15 is 0 Å². The Morgan fingerprint density at radius 1 is 1.11 bits per heavy atom. The Kier molecular flexibility index (Phi) is 7.00. The molecule has 0 saturated carbocycles. The minimum absolute atomic E-state index is 0.165. The average molecular weight is 487 g/mol. The molecule has 2 aromatic carbocycles. The number of rotatable bonds is 7. The molecule has 7 heteroatoms. The van der Waals surface area contributed by atoms with Gasteiger partial charge in [0.25, 0.3) is 11.8 Å². The van der Waals surface area contributed by atoms with Crippen LogP contribution in [0.4, 0.5) is 10.1 Å². The number of piperidine rings is 1. The van der Waals surface area contributed by atoms with Crippen molar-refractivity contribution in [3.8, 4) is 11.1 Å². The number of hydrogen-bond acceptors (Lipinski definition) is 3. The average Bonchev–Trinajstić information content (AvgIpc) is 3.41. The summed E-state index contributed by atoms with van der Waals surface area (Å²) in [4.78, 5) is 31.7. The topological polar surface area (TPSA) is 77.2 Å². The first kappa shape index (κ1) is 24.0. The van der Waals surface area contributed by atoms with Crippen LogP contribution in [0, 0.1) is 12.7 Å². The van der Waals surface area contributed by atoms with Crippen molar-refractivity contribution in [1.82, 2.24) is 15.2 Å². The number of fused-ring (bicyclic) bond motifs is 1. The first-order chi connectivity index (χ1) is 17.5. The maximum atomic E-state index is 14.0. The molecule has 1 fully saturated rings. The van der Waals surface area contributed by atoms with Crippen molar-refractivity contribution in [2.45, 2.75) is 32.6 Å². The first-order valence-corrected chi connectivity index (χ1v) is 12.6. The highest BCUT2D eigenvalue weighted by Gasteiger charge is 2.28. The first-order valence-electron chi connectivity index (χ1n) is 12.6. The fourth-order valence-corrected chi connectivity index (χ4v) is 5.12. The summed E-state index contributed by atoms with van der Waals surface area (Å²) in [6.45, 7) is 5.76. The van der Waals surface area contributed by atoms with Gasteiger partial charge in [0.1, 0.15) is 5.82 Å². The third kappa shape index (κ3) is 5.11. The predicted octanol–water partition coefficient (Wildman–Crippen LogP) is 5.23. The molecule has 5 rings (SSSR count). The Morgan fingerprint density at radius 2 is 1.92 bits per heavy atom. The number of nitrogens with one attached hydrogen (secondary N) is 3. The van der Waals surface area contributed by atoms with E-state index in [-0.39, 0.29) is 17.6 Å². The molecule has 2 aliphatic heterocycles. The number of nitrogens with zero attached hydrogens (tertiary/aromatic N) is 1. The van der Waals surface area contributed by atoms with Crippen LogP contribution in [0.5, 0.6) is 0 Å². The summed E-state index contributed by atoms with van der Waals surface area (Å²) in [6.07, 6.45) is 6.44. The standard InChI is InChI=1S/C29H31FN4O2/c1-19-16-23(28(35)31-12-7-15-34-13-3-2-4-14-34)26(32-19)18-24-27-22(20-8-5-9-21(30)17-20)10-6-11-25(27)33-29(24)36/h5-6,8-11,16-18,32H,2-4,7,12-15H2,1H3,(H,31,35)(H,33,36)/b24-18-. The molecule has 3 N–H and O–H groups in total. The number of halogens is 1. The maximum Gasteiger partial charge on any atom is 0.256 e. The van der Waals surface area contributed by atoms with Gasteiger partial charge in [0.15, 0.2) is 0 Å². The molecule has 3 aromatic rings. The van der Waals surface area contributed by atoms with E-state index in [4.69, 9.17) is 0 Å². The molecule has 0 bridgehead atoms. The van der Waals surface area contributed by atoms with Gasteiger partial charge >= 0.3 is 0 Å². The SMILES string of the molecule is Cc1cc(C(=O)NCCCN2CCCCC2)c(/C=C2\C(=O)Nc3cccc(-c4cccc(F)c4)c32)[nH]1. The Bertz CT molecular complexity index is 1320. The van der Waals surface area contributed by atoms with Crippen LogP contribution in [-0.2, 0) is 4.79 Å². The number of aromatic amines is 1. The number of carbonyl (C=O) groups is 2. The number of hydrogen-bond donors (Lipinski definition) is 3. The number of benzene rings is 2. The van der Waals surface area contributed by atoms with E-state index in [1.165, 1.54) is 31.4 Å². The molecule has 36 heavy (non-hydrogen) atoms. The highest BCUT2D eigenvalue weighted by atomic mass is 19.1. The minimum Gasteiger partial charge on any atom is -0.358 e. The molecule has 0 radical (unpaired) electrons. The van der Waals surface area contributed by atoms with Crippen LogP contribution >= 0.6 is 0 Å². The molecule has 186 valence electrons. The fourth-order valence-electron chi connectivity index (χ4n) is 5.12. The highest BCUT2D eigenvalue weighted by Crippen LogP contribution is 2.40. The van der Waals surface area contributed by atoms with Gasteiger partial charge in [-0.15, -0.1) is 0 Å². The summed E-state index contributed by atoms with van der Waals surface area (Å²) in [6, 6.07) is 13.7. The normalized spacial score (nSPS) is 16.7. The number of aryl methyl sites for hydroxylation is 1. The number of carbonyl (C=O) groups excluding carboxylic acids is 2. The largest absolute Gasteiger partial charge is 0.358 e. The molecular weight excluding hydrogens is 455 g/mol. The second-order valence-corrected chi connectivity index (χ2v) is 9.54. The Labute approximate surface area is 210 Å². The highest BCUT2D eigenvalue weighted by molar-refractivity contribution is 6.36. The lowest BCUT2D eigenvalue weighted by molar-refractivity contribution is -0.110. The predicted molar refractivity (Wildman–Crippen MR) is 141 cm³/mol. The van der Waals surface area contributed by atoms with Crippen molar-refractivity contribution in [3.05, 3.63) is 76.9 Å². The fraction of sp³-hybridized carbons (Fsp3) is 0.310. The zero-order chi connectivity index (χ0) is 25.1. The van der Waals surface area contributed by atoms with E-state index in [2.05, 4.69) is 20.5 Å². The molecule has 0 unspecified atom stereocenters. The van der Waals surface area contributed by atoms with Crippen LogP contribution in [0.3, 0.4) is 0 Å². The summed E-state index contributed by atoms with van der Waals surface area (Å²) >= 11 is 0. The van der Waals surface area contributed by atoms with E-state index in [1.54, 1.807) is 18.2 Å². The van der Waals surface area contributed by atoms with Gasteiger partial charge in [-0.2, -0.15) is 0 Å². The Hall–Kier alpha value is -3.71. The van der Waals surface area contributed by atoms with Crippen molar-refractivity contribution in [2.75, 3.05) is 31.5 Å². The van der Waals surface area contributed by atoms with Gasteiger partial charge in [-0.05, 0) is 87.3 Å². The zero-order valence-corrected chi connectivity index (χ0v) is 20.5. The Balaban J connectivity index is 1.38. The second-order valence-electron chi connectivity index (χ2n) is 9.54. The smallest absolute Gasteiger partial charge is 0.256 e. The van der Waals surface area contributed by atoms with Crippen molar-refractivity contribution in [3.63, 3.8) is 0 Å². The van der Waals surface area contributed by atoms with Crippen LogP contribution in [0.25, 0.3) is 22.8 Å². The number of anilines is 1. The van der Waals surface area contributed by atoms with Gasteiger partial charge < -0.3 is 20.5 Å². The number of H-pyrrole nitrogens is 1. The lowest BCUT2D eigenvalue weighted by atomic mass is 9.94. The maximum absolute atomic E-state index is 14.0. The van der Waals surface area contributed by atoms with E-state index in [1.807, 2.05) is 31.2 Å². The number of amides is 2. The lowest BCUT2D eigenvalue weighted by Crippen LogP contribution is -2.33. The van der Waals surface area contributed by atoms with E-state index in [0.717, 1.165) is 37.3 Å². The third-order valence-corrected chi connectivity index (χ3v) is 6.86. The summed E-state index contributed by atoms with van der Waals surface area (Å²) in [5.41, 5.74) is 5.15. The van der Waals surface area contributed by atoms with Gasteiger partial charge in [0, 0.05) is 23.5 Å². The summed E-state index contributed by atoms with van der Waals surface area (Å²) in [5, 5.41) is 5.93. The molecule has 1 aromatic heterocycles. The quantitative estimate of drug-likeness (QED) is 0.316. The molecular formula is C29H31FN4O2. The van der Waals surface area contributed by atoms with Crippen molar-refractivity contribution in [2.24, 2.45) is 0 Å². The molecule has 1 saturated heterocycles. The van der Waals surface area contributed by atoms with Crippen molar-refractivity contribution < 1.29 is 14.0 Å². The summed E-state index contributed by atoms with van der Waals surface area (Å²) in [7, 11) is 0. The minimum atomic E-state index is -0.341. The molecule has 2 aliphatic rings. The van der Waals surface area contributed by atoms with Crippen LogP contribution < -0.4 is 10.6 Å². The van der Waals surface area contributed by atoms with Gasteiger partial charge in [-0.25, -0.2) is 4.39 Å². The van der Waals surface area contributed by atoms with Crippen LogP contribution in [-0.4, -0.2) is 47.9 Å². The molecule has 2 amide bonds. The van der Waals surface area contributed by atoms with Crippen molar-refractivity contribution in [1.29, 1.82) is 0 Å². The van der Waals surface area contributed by atoms with Gasteiger partial charge in [-0.3, -0.25) is 9.59 Å². The van der Waals surface area contributed by atoms with Gasteiger partial charge in [0.2, 0.25) is 0 Å². The molecule has 6 nitrogen and oxygen atoms in total. The second kappa shape index (κ2) is 10.5. The van der Waals surface area contributed by atoms with Crippen LogP contribution in [0.2, 0.25) is 0 Å². The van der Waals surface area contributed by atoms with Crippen LogP contribution in [0.15, 0.2) is 48.5 Å². The summed E-state index contributed by atoms with van der Waals surface area (Å²) in [5.74, 6) is -0.761. The van der Waals surface area contributed by atoms with Crippen LogP contribution in [0.1, 0.15) is 53.0 Å². The van der Waals surface area contributed by atoms with E-state index < -0.39 is 0 Å². The summed E-state index contributed by atoms with van der Waals surface area (Å²) < 4.78 is 14.0. The zero-order valence-electron chi connectivity index (χ0n) is 20.5. The van der Waals surface area contributed by atoms with E-state index in [0.29, 0.717) is 40.2 Å². The molecule has 0 atom stereocenters. The van der Waals surface area contributed by atoms with Crippen molar-refractivity contribution >= 4 is 29.2 Å². The molecule has 0 spiro atoms. The van der Waals surface area contributed by atoms with E-state index in [9.17, 15) is 14.0 Å². The number of aromatic nitrogens is 1. The molecule has 3 heterocycles. The third-order valence-electron chi connectivity index (χ3n) is 6.86. The lowest BCUT2D eigenvalue weighted by Gasteiger charge is -2.26. The van der Waals surface area contributed by atoms with Gasteiger partial charge in [-0.1, -0.05) is 30.7 Å². The number of likely N-dealkylation sites (tertiary alicyclic amines) is 1. The monoisotopic (exact) mass is 486 g/mol.